The maximum atomic E-state index is 11.7. The van der Waals surface area contributed by atoms with Crippen molar-refractivity contribution in [3.63, 3.8) is 0 Å². The zero-order valence-electron chi connectivity index (χ0n) is 11.1. The van der Waals surface area contributed by atoms with Gasteiger partial charge in [-0.3, -0.25) is 9.59 Å². The van der Waals surface area contributed by atoms with Gasteiger partial charge in [0.15, 0.2) is 0 Å². The SMILES string of the molecule is COc1cccc(Cl)c1CNC(=O)C(N)CCC(=O)O. The van der Waals surface area contributed by atoms with E-state index in [1.165, 1.54) is 7.11 Å². The second kappa shape index (κ2) is 7.72. The van der Waals surface area contributed by atoms with E-state index in [1.54, 1.807) is 18.2 Å². The van der Waals surface area contributed by atoms with Crippen LogP contribution in [0.25, 0.3) is 0 Å². The van der Waals surface area contributed by atoms with Crippen molar-refractivity contribution in [3.05, 3.63) is 28.8 Å². The van der Waals surface area contributed by atoms with Gasteiger partial charge in [-0.2, -0.15) is 0 Å². The molecule has 0 heterocycles. The van der Waals surface area contributed by atoms with Crippen molar-refractivity contribution >= 4 is 23.5 Å². The molecule has 0 saturated carbocycles. The molecule has 1 amide bonds. The van der Waals surface area contributed by atoms with Crippen LogP contribution in [0.15, 0.2) is 18.2 Å². The number of carbonyl (C=O) groups excluding carboxylic acids is 1. The highest BCUT2D eigenvalue weighted by Crippen LogP contribution is 2.25. The van der Waals surface area contributed by atoms with Crippen LogP contribution in [0.2, 0.25) is 5.02 Å². The lowest BCUT2D eigenvalue weighted by atomic mass is 10.1. The Kier molecular flexibility index (Phi) is 6.27. The van der Waals surface area contributed by atoms with E-state index >= 15 is 0 Å². The number of amides is 1. The highest BCUT2D eigenvalue weighted by molar-refractivity contribution is 6.31. The molecule has 0 spiro atoms. The number of halogens is 1. The molecule has 110 valence electrons. The summed E-state index contributed by atoms with van der Waals surface area (Å²) in [5.74, 6) is -0.842. The van der Waals surface area contributed by atoms with E-state index in [4.69, 9.17) is 27.2 Å². The van der Waals surface area contributed by atoms with E-state index in [-0.39, 0.29) is 19.4 Å². The summed E-state index contributed by atoms with van der Waals surface area (Å²) in [6.07, 6.45) is -0.0647. The lowest BCUT2D eigenvalue weighted by molar-refractivity contribution is -0.137. The summed E-state index contributed by atoms with van der Waals surface area (Å²) in [4.78, 5) is 22.1. The number of rotatable bonds is 7. The molecule has 0 radical (unpaired) electrons. The van der Waals surface area contributed by atoms with Crippen molar-refractivity contribution in [1.82, 2.24) is 5.32 Å². The first kappa shape index (κ1) is 16.3. The summed E-state index contributed by atoms with van der Waals surface area (Å²) in [5, 5.41) is 11.6. The summed E-state index contributed by atoms with van der Waals surface area (Å²) < 4.78 is 5.15. The normalized spacial score (nSPS) is 11.8. The average Bonchev–Trinajstić information content (AvgIpc) is 2.42. The molecule has 4 N–H and O–H groups in total. The van der Waals surface area contributed by atoms with E-state index in [1.807, 2.05) is 0 Å². The Balaban J connectivity index is 2.59. The first-order valence-electron chi connectivity index (χ1n) is 6.02. The average molecular weight is 301 g/mol. The predicted molar refractivity (Wildman–Crippen MR) is 74.7 cm³/mol. The maximum Gasteiger partial charge on any atom is 0.303 e. The first-order chi connectivity index (χ1) is 9.45. The zero-order chi connectivity index (χ0) is 15.1. The Morgan fingerprint density at radius 2 is 2.20 bits per heavy atom. The van der Waals surface area contributed by atoms with Crippen LogP contribution < -0.4 is 15.8 Å². The Morgan fingerprint density at radius 1 is 1.50 bits per heavy atom. The van der Waals surface area contributed by atoms with Crippen LogP contribution in [0.4, 0.5) is 0 Å². The molecule has 0 aliphatic heterocycles. The van der Waals surface area contributed by atoms with E-state index in [0.717, 1.165) is 0 Å². The standard InChI is InChI=1S/C13H17ClN2O4/c1-20-11-4-2-3-9(14)8(11)7-16-13(19)10(15)5-6-12(17)18/h2-4,10H,5-7,15H2,1H3,(H,16,19)(H,17,18). The fraction of sp³-hybridized carbons (Fsp3) is 0.385. The number of hydrogen-bond acceptors (Lipinski definition) is 4. The van der Waals surface area contributed by atoms with Crippen molar-refractivity contribution in [1.29, 1.82) is 0 Å². The van der Waals surface area contributed by atoms with Crippen LogP contribution in [0.3, 0.4) is 0 Å². The highest BCUT2D eigenvalue weighted by Gasteiger charge is 2.16. The van der Waals surface area contributed by atoms with Crippen LogP contribution in [-0.2, 0) is 16.1 Å². The van der Waals surface area contributed by atoms with Crippen molar-refractivity contribution in [2.45, 2.75) is 25.4 Å². The molecule has 0 aliphatic rings. The van der Waals surface area contributed by atoms with Crippen molar-refractivity contribution < 1.29 is 19.4 Å². The fourth-order valence-electron chi connectivity index (χ4n) is 1.62. The summed E-state index contributed by atoms with van der Waals surface area (Å²) in [7, 11) is 1.51. The number of ether oxygens (including phenoxy) is 1. The highest BCUT2D eigenvalue weighted by atomic mass is 35.5. The molecular formula is C13H17ClN2O4. The van der Waals surface area contributed by atoms with Gasteiger partial charge < -0.3 is 20.9 Å². The van der Waals surface area contributed by atoms with Crippen LogP contribution in [0.5, 0.6) is 5.75 Å². The number of nitrogens with two attached hydrogens (primary N) is 1. The van der Waals surface area contributed by atoms with Crippen LogP contribution in [-0.4, -0.2) is 30.1 Å². The monoisotopic (exact) mass is 300 g/mol. The van der Waals surface area contributed by atoms with Crippen LogP contribution >= 0.6 is 11.6 Å². The second-order valence-electron chi connectivity index (χ2n) is 4.18. The lowest BCUT2D eigenvalue weighted by Crippen LogP contribution is -2.40. The van der Waals surface area contributed by atoms with Gasteiger partial charge in [-0.15, -0.1) is 0 Å². The van der Waals surface area contributed by atoms with E-state index in [2.05, 4.69) is 5.32 Å². The third-order valence-corrected chi connectivity index (χ3v) is 3.10. The number of carbonyl (C=O) groups is 2. The first-order valence-corrected chi connectivity index (χ1v) is 6.40. The van der Waals surface area contributed by atoms with Crippen molar-refractivity contribution in [3.8, 4) is 5.75 Å². The Bertz CT molecular complexity index is 493. The molecule has 7 heteroatoms. The van der Waals surface area contributed by atoms with Crippen LogP contribution in [0, 0.1) is 0 Å². The van der Waals surface area contributed by atoms with Gasteiger partial charge >= 0.3 is 5.97 Å². The quantitative estimate of drug-likeness (QED) is 0.701. The van der Waals surface area contributed by atoms with Gasteiger partial charge in [0.25, 0.3) is 0 Å². The largest absolute Gasteiger partial charge is 0.496 e. The molecule has 1 rings (SSSR count). The number of aliphatic carboxylic acids is 1. The van der Waals surface area contributed by atoms with Gasteiger partial charge in [0, 0.05) is 23.6 Å². The molecule has 0 bridgehead atoms. The fourth-order valence-corrected chi connectivity index (χ4v) is 1.85. The Labute approximate surface area is 121 Å². The number of nitrogens with one attached hydrogen (secondary N) is 1. The molecule has 1 unspecified atom stereocenters. The number of carboxylic acid groups (broad SMARTS) is 1. The summed E-state index contributed by atoms with van der Waals surface area (Å²) in [6.45, 7) is 0.169. The maximum absolute atomic E-state index is 11.7. The molecule has 1 atom stereocenters. The van der Waals surface area contributed by atoms with Crippen LogP contribution in [0.1, 0.15) is 18.4 Å². The lowest BCUT2D eigenvalue weighted by Gasteiger charge is -2.14. The van der Waals surface area contributed by atoms with Gasteiger partial charge in [0.1, 0.15) is 5.75 Å². The molecule has 0 fully saturated rings. The minimum absolute atomic E-state index is 0.0842. The smallest absolute Gasteiger partial charge is 0.303 e. The van der Waals surface area contributed by atoms with E-state index < -0.39 is 17.9 Å². The molecule has 0 aromatic heterocycles. The molecular weight excluding hydrogens is 284 g/mol. The Morgan fingerprint density at radius 3 is 2.80 bits per heavy atom. The molecule has 0 aliphatic carbocycles. The molecule has 1 aromatic carbocycles. The zero-order valence-corrected chi connectivity index (χ0v) is 11.8. The number of benzene rings is 1. The second-order valence-corrected chi connectivity index (χ2v) is 4.58. The van der Waals surface area contributed by atoms with E-state index in [9.17, 15) is 9.59 Å². The summed E-state index contributed by atoms with van der Waals surface area (Å²) in [5.41, 5.74) is 6.25. The van der Waals surface area contributed by atoms with Gasteiger partial charge in [0.05, 0.1) is 13.2 Å². The molecule has 6 nitrogen and oxygen atoms in total. The topological polar surface area (TPSA) is 102 Å². The minimum Gasteiger partial charge on any atom is -0.496 e. The van der Waals surface area contributed by atoms with Crippen molar-refractivity contribution in [2.24, 2.45) is 5.73 Å². The molecule has 0 saturated heterocycles. The van der Waals surface area contributed by atoms with Gasteiger partial charge in [-0.05, 0) is 18.6 Å². The summed E-state index contributed by atoms with van der Waals surface area (Å²) in [6, 6.07) is 4.30. The van der Waals surface area contributed by atoms with Gasteiger partial charge in [-0.1, -0.05) is 17.7 Å². The van der Waals surface area contributed by atoms with E-state index in [0.29, 0.717) is 16.3 Å². The van der Waals surface area contributed by atoms with Crippen molar-refractivity contribution in [2.75, 3.05) is 7.11 Å². The number of methoxy groups -OCH3 is 1. The summed E-state index contributed by atoms with van der Waals surface area (Å²) >= 11 is 6.03. The third kappa shape index (κ3) is 4.71. The third-order valence-electron chi connectivity index (χ3n) is 2.74. The van der Waals surface area contributed by atoms with Gasteiger partial charge in [-0.25, -0.2) is 0 Å². The minimum atomic E-state index is -0.985. The predicted octanol–water partition coefficient (Wildman–Crippen LogP) is 1.16. The molecule has 20 heavy (non-hydrogen) atoms. The van der Waals surface area contributed by atoms with Gasteiger partial charge in [0.2, 0.25) is 5.91 Å². The number of hydrogen-bond donors (Lipinski definition) is 3. The molecule has 1 aromatic rings. The number of carboxylic acids is 1. The Hall–Kier alpha value is -1.79.